The van der Waals surface area contributed by atoms with Gasteiger partial charge in [0.1, 0.15) is 11.2 Å². The van der Waals surface area contributed by atoms with Gasteiger partial charge in [0.15, 0.2) is 11.6 Å². The second kappa shape index (κ2) is 9.23. The smallest absolute Gasteiger partial charge is 0.448 e. The molecule has 1 fully saturated rings. The lowest BCUT2D eigenvalue weighted by atomic mass is 9.79. The van der Waals surface area contributed by atoms with Crippen LogP contribution in [0.25, 0.3) is 0 Å². The van der Waals surface area contributed by atoms with Crippen molar-refractivity contribution in [3.63, 3.8) is 0 Å². The highest BCUT2D eigenvalue weighted by Gasteiger charge is 2.52. The fourth-order valence-corrected chi connectivity index (χ4v) is 5.51. The van der Waals surface area contributed by atoms with E-state index in [1.54, 1.807) is 18.3 Å². The topological polar surface area (TPSA) is 120 Å². The van der Waals surface area contributed by atoms with Crippen LogP contribution in [0.2, 0.25) is 0 Å². The molecule has 1 aromatic heterocycles. The molecule has 0 saturated carbocycles. The first kappa shape index (κ1) is 25.4. The Morgan fingerprint density at radius 2 is 1.76 bits per heavy atom. The van der Waals surface area contributed by atoms with Crippen LogP contribution < -0.4 is 10.8 Å². The minimum atomic E-state index is -4.12. The monoisotopic (exact) mass is 521 g/mol. The lowest BCUT2D eigenvalue weighted by Crippen LogP contribution is -2.41. The van der Waals surface area contributed by atoms with Crippen LogP contribution in [0.3, 0.4) is 0 Å². The maximum Gasteiger partial charge on any atom is 0.494 e. The van der Waals surface area contributed by atoms with Gasteiger partial charge in [0.05, 0.1) is 29.0 Å². The molecule has 0 aliphatic carbocycles. The molecule has 0 bridgehead atoms. The van der Waals surface area contributed by atoms with Gasteiger partial charge in [0.25, 0.3) is 10.0 Å². The molecular weight excluding hydrogens is 493 g/mol. The fourth-order valence-electron chi connectivity index (χ4n) is 4.34. The van der Waals surface area contributed by atoms with Gasteiger partial charge < -0.3 is 19.0 Å². The third kappa shape index (κ3) is 4.86. The van der Waals surface area contributed by atoms with Crippen molar-refractivity contribution >= 4 is 39.9 Å². The number of ketones is 1. The lowest BCUT2D eigenvalue weighted by molar-refractivity contribution is -0.113. The Hall–Kier alpha value is -3.28. The molecule has 1 unspecified atom stereocenters. The first-order valence-corrected chi connectivity index (χ1v) is 13.5. The predicted octanol–water partition coefficient (Wildman–Crippen LogP) is 3.67. The van der Waals surface area contributed by atoms with Crippen LogP contribution in [0.4, 0.5) is 5.69 Å². The number of oxazole rings is 1. The zero-order valence-electron chi connectivity index (χ0n) is 21.1. The minimum absolute atomic E-state index is 0.0294. The number of anilines is 1. The molecule has 2 aliphatic rings. The van der Waals surface area contributed by atoms with E-state index in [2.05, 4.69) is 14.7 Å². The Morgan fingerprint density at radius 3 is 2.41 bits per heavy atom. The highest BCUT2D eigenvalue weighted by molar-refractivity contribution is 7.90. The summed E-state index contributed by atoms with van der Waals surface area (Å²) in [5, 5.41) is 2.90. The second-order valence-corrected chi connectivity index (χ2v) is 11.8. The first-order chi connectivity index (χ1) is 17.5. The first-order valence-electron chi connectivity index (χ1n) is 12.1. The molecule has 0 spiro atoms. The zero-order valence-corrected chi connectivity index (χ0v) is 21.9. The summed E-state index contributed by atoms with van der Waals surface area (Å²) in [6.07, 6.45) is 3.46. The molecule has 9 nitrogen and oxygen atoms in total. The SMILES string of the molecule is CC1(C)OB(c2ccc3c(c2)S(=O)(=O)N=C(C(=O)CCC(c2ccccc2)c2ncco2)N3)OC1(C)C. The summed E-state index contributed by atoms with van der Waals surface area (Å²) in [6, 6.07) is 14.4. The highest BCUT2D eigenvalue weighted by atomic mass is 32.2. The van der Waals surface area contributed by atoms with Gasteiger partial charge in [0, 0.05) is 6.42 Å². The van der Waals surface area contributed by atoms with Gasteiger partial charge in [-0.25, -0.2) is 4.98 Å². The van der Waals surface area contributed by atoms with Crippen molar-refractivity contribution in [2.45, 2.75) is 62.6 Å². The van der Waals surface area contributed by atoms with Crippen molar-refractivity contribution in [3.05, 3.63) is 72.4 Å². The average molecular weight is 521 g/mol. The van der Waals surface area contributed by atoms with Gasteiger partial charge >= 0.3 is 7.12 Å². The summed E-state index contributed by atoms with van der Waals surface area (Å²) < 4.78 is 47.5. The fraction of sp³-hybridized carbons (Fsp3) is 0.346. The summed E-state index contributed by atoms with van der Waals surface area (Å²) in [7, 11) is -4.84. The van der Waals surface area contributed by atoms with Crippen molar-refractivity contribution in [1.29, 1.82) is 0 Å². The van der Waals surface area contributed by atoms with Gasteiger partial charge in [0.2, 0.25) is 5.89 Å². The van der Waals surface area contributed by atoms with E-state index in [0.29, 0.717) is 17.8 Å². The number of aromatic nitrogens is 1. The quantitative estimate of drug-likeness (QED) is 0.468. The van der Waals surface area contributed by atoms with E-state index in [1.807, 2.05) is 58.0 Å². The number of carbonyl (C=O) groups is 1. The van der Waals surface area contributed by atoms with Gasteiger partial charge in [-0.1, -0.05) is 36.4 Å². The number of Topliss-reactive ketones (excluding diaryl/α,β-unsaturated/α-hetero) is 1. The second-order valence-electron chi connectivity index (χ2n) is 10.2. The van der Waals surface area contributed by atoms with E-state index in [4.69, 9.17) is 13.7 Å². The molecule has 0 radical (unpaired) electrons. The molecule has 0 amide bonds. The number of rotatable bonds is 7. The van der Waals surface area contributed by atoms with Crippen LogP contribution in [0, 0.1) is 0 Å². The third-order valence-electron chi connectivity index (χ3n) is 7.15. The van der Waals surface area contributed by atoms with E-state index < -0.39 is 34.1 Å². The Bertz CT molecular complexity index is 1440. The molecule has 5 rings (SSSR count). The molecule has 3 heterocycles. The summed E-state index contributed by atoms with van der Waals surface area (Å²) in [5.74, 6) is -0.395. The Kier molecular flexibility index (Phi) is 6.33. The normalized spacial score (nSPS) is 20.0. The van der Waals surface area contributed by atoms with Crippen molar-refractivity contribution in [1.82, 2.24) is 4.98 Å². The zero-order chi connectivity index (χ0) is 26.4. The van der Waals surface area contributed by atoms with Crippen molar-refractivity contribution < 1.29 is 26.9 Å². The Labute approximate surface area is 216 Å². The molecule has 1 atom stereocenters. The van der Waals surface area contributed by atoms with Crippen LogP contribution >= 0.6 is 0 Å². The molecule has 3 aromatic rings. The number of amidine groups is 1. The van der Waals surface area contributed by atoms with Crippen LogP contribution in [0.15, 0.2) is 74.7 Å². The molecule has 2 aliphatic heterocycles. The van der Waals surface area contributed by atoms with Crippen molar-refractivity contribution in [2.75, 3.05) is 5.32 Å². The van der Waals surface area contributed by atoms with Gasteiger partial charge in [-0.05, 0) is 57.3 Å². The summed E-state index contributed by atoms with van der Waals surface area (Å²) in [5.41, 5.74) is 0.663. The number of sulfonamides is 1. The van der Waals surface area contributed by atoms with E-state index in [1.165, 1.54) is 12.3 Å². The minimum Gasteiger partial charge on any atom is -0.448 e. The molecule has 2 aromatic carbocycles. The lowest BCUT2D eigenvalue weighted by Gasteiger charge is -2.32. The number of carbonyl (C=O) groups excluding carboxylic acids is 1. The average Bonchev–Trinajstić information content (AvgIpc) is 3.45. The van der Waals surface area contributed by atoms with Gasteiger partial charge in [-0.15, -0.1) is 4.40 Å². The van der Waals surface area contributed by atoms with Crippen molar-refractivity contribution in [3.8, 4) is 0 Å². The molecule has 1 N–H and O–H groups in total. The summed E-state index contributed by atoms with van der Waals surface area (Å²) >= 11 is 0. The summed E-state index contributed by atoms with van der Waals surface area (Å²) in [6.45, 7) is 7.71. The number of hydrogen-bond donors (Lipinski definition) is 1. The van der Waals surface area contributed by atoms with E-state index in [-0.39, 0.29) is 28.8 Å². The van der Waals surface area contributed by atoms with E-state index >= 15 is 0 Å². The number of benzene rings is 2. The maximum atomic E-state index is 13.1. The predicted molar refractivity (Wildman–Crippen MR) is 139 cm³/mol. The van der Waals surface area contributed by atoms with Crippen LogP contribution in [-0.2, 0) is 24.1 Å². The van der Waals surface area contributed by atoms with Crippen LogP contribution in [-0.4, -0.2) is 43.3 Å². The standard InChI is InChI=1S/C26H28BN3O6S/c1-25(2)26(3,4)36-27(35-25)18-10-12-20-22(16-18)37(32,33)30-23(29-20)21(31)13-11-19(24-28-14-15-34-24)17-8-6-5-7-9-17/h5-10,12,14-16,19H,11,13H2,1-4H3,(H,29,30). The molecule has 11 heteroatoms. The largest absolute Gasteiger partial charge is 0.494 e. The van der Waals surface area contributed by atoms with Gasteiger partial charge in [-0.2, -0.15) is 8.42 Å². The summed E-state index contributed by atoms with van der Waals surface area (Å²) in [4.78, 5) is 17.3. The Balaban J connectivity index is 1.34. The Morgan fingerprint density at radius 1 is 1.05 bits per heavy atom. The van der Waals surface area contributed by atoms with E-state index in [0.717, 1.165) is 5.56 Å². The van der Waals surface area contributed by atoms with Crippen LogP contribution in [0.5, 0.6) is 0 Å². The molecule has 1 saturated heterocycles. The van der Waals surface area contributed by atoms with E-state index in [9.17, 15) is 13.2 Å². The highest BCUT2D eigenvalue weighted by Crippen LogP contribution is 2.37. The molecule has 37 heavy (non-hydrogen) atoms. The molecule has 192 valence electrons. The maximum absolute atomic E-state index is 13.1. The number of nitrogens with zero attached hydrogens (tertiary/aromatic N) is 2. The van der Waals surface area contributed by atoms with Crippen molar-refractivity contribution in [2.24, 2.45) is 4.40 Å². The number of hydrogen-bond acceptors (Lipinski definition) is 8. The third-order valence-corrected chi connectivity index (χ3v) is 8.47. The molecular formula is C26H28BN3O6S. The number of fused-ring (bicyclic) bond motifs is 1. The van der Waals surface area contributed by atoms with Gasteiger partial charge in [-0.3, -0.25) is 4.79 Å². The van der Waals surface area contributed by atoms with Crippen LogP contribution in [0.1, 0.15) is 57.9 Å². The number of nitrogens with one attached hydrogen (secondary N) is 1.